The summed E-state index contributed by atoms with van der Waals surface area (Å²) < 4.78 is 0. The number of hydrogen-bond donors (Lipinski definition) is 1. The molecular formula is C21H35N. The van der Waals surface area contributed by atoms with Gasteiger partial charge in [0.05, 0.1) is 0 Å². The monoisotopic (exact) mass is 301 g/mol. The molecule has 0 heterocycles. The molecule has 0 amide bonds. The van der Waals surface area contributed by atoms with E-state index in [1.807, 2.05) is 0 Å². The minimum absolute atomic E-state index is 0.341. The van der Waals surface area contributed by atoms with E-state index in [1.54, 1.807) is 0 Å². The molecule has 0 spiro atoms. The first-order valence-electron chi connectivity index (χ1n) is 9.38. The van der Waals surface area contributed by atoms with Crippen LogP contribution in [0.2, 0.25) is 0 Å². The largest absolute Gasteiger partial charge is 0.314 e. The van der Waals surface area contributed by atoms with E-state index in [1.165, 1.54) is 37.7 Å². The predicted octanol–water partition coefficient (Wildman–Crippen LogP) is 5.20. The van der Waals surface area contributed by atoms with Crippen molar-refractivity contribution >= 4 is 0 Å². The molecule has 0 radical (unpaired) electrons. The van der Waals surface area contributed by atoms with Gasteiger partial charge in [0.15, 0.2) is 0 Å². The van der Waals surface area contributed by atoms with Crippen LogP contribution in [0.5, 0.6) is 0 Å². The van der Waals surface area contributed by atoms with Crippen molar-refractivity contribution in [3.05, 3.63) is 24.3 Å². The SMILES string of the molecule is C=C(C)C=CC12CC(C)C3CCC(C)(NC)C(CCC1C)C32. The zero-order chi connectivity index (χ0) is 16.1. The van der Waals surface area contributed by atoms with Crippen molar-refractivity contribution in [3.8, 4) is 0 Å². The van der Waals surface area contributed by atoms with Crippen LogP contribution in [0.15, 0.2) is 24.3 Å². The maximum absolute atomic E-state index is 4.11. The van der Waals surface area contributed by atoms with Crippen molar-refractivity contribution in [1.82, 2.24) is 5.32 Å². The van der Waals surface area contributed by atoms with Gasteiger partial charge in [-0.1, -0.05) is 38.2 Å². The molecule has 3 rings (SSSR count). The highest BCUT2D eigenvalue weighted by atomic mass is 15.0. The third-order valence-electron chi connectivity index (χ3n) is 7.81. The Kier molecular flexibility index (Phi) is 4.08. The highest BCUT2D eigenvalue weighted by Crippen LogP contribution is 2.67. The van der Waals surface area contributed by atoms with Crippen molar-refractivity contribution in [3.63, 3.8) is 0 Å². The quantitative estimate of drug-likeness (QED) is 0.707. The van der Waals surface area contributed by atoms with Crippen LogP contribution in [0.3, 0.4) is 0 Å². The maximum Gasteiger partial charge on any atom is 0.0181 e. The van der Waals surface area contributed by atoms with Crippen molar-refractivity contribution in [2.75, 3.05) is 7.05 Å². The molecule has 3 aliphatic carbocycles. The minimum atomic E-state index is 0.341. The van der Waals surface area contributed by atoms with Crippen LogP contribution >= 0.6 is 0 Å². The molecule has 0 aliphatic heterocycles. The summed E-state index contributed by atoms with van der Waals surface area (Å²) in [5.74, 6) is 4.34. The Morgan fingerprint density at radius 2 is 1.95 bits per heavy atom. The summed E-state index contributed by atoms with van der Waals surface area (Å²) >= 11 is 0. The molecule has 0 aromatic rings. The molecule has 3 fully saturated rings. The van der Waals surface area contributed by atoms with E-state index in [4.69, 9.17) is 0 Å². The second-order valence-electron chi connectivity index (χ2n) is 8.95. The van der Waals surface area contributed by atoms with Crippen LogP contribution in [0.4, 0.5) is 0 Å². The molecular weight excluding hydrogens is 266 g/mol. The summed E-state index contributed by atoms with van der Waals surface area (Å²) in [4.78, 5) is 0. The summed E-state index contributed by atoms with van der Waals surface area (Å²) in [6.07, 6.45) is 11.9. The fourth-order valence-corrected chi connectivity index (χ4v) is 6.46. The molecule has 124 valence electrons. The molecule has 0 saturated heterocycles. The molecule has 7 unspecified atom stereocenters. The molecule has 7 atom stereocenters. The molecule has 3 aliphatic rings. The van der Waals surface area contributed by atoms with Gasteiger partial charge in [0, 0.05) is 5.54 Å². The van der Waals surface area contributed by atoms with Crippen LogP contribution in [0.1, 0.15) is 59.8 Å². The molecule has 0 aromatic heterocycles. The fraction of sp³-hybridized carbons (Fsp3) is 0.810. The van der Waals surface area contributed by atoms with Gasteiger partial charge in [-0.05, 0) is 88.0 Å². The molecule has 1 N–H and O–H groups in total. The number of allylic oxidation sites excluding steroid dienone is 3. The predicted molar refractivity (Wildman–Crippen MR) is 95.7 cm³/mol. The first-order chi connectivity index (χ1) is 10.3. The normalized spacial score (nSPS) is 51.0. The Morgan fingerprint density at radius 3 is 2.59 bits per heavy atom. The van der Waals surface area contributed by atoms with Gasteiger partial charge in [0.25, 0.3) is 0 Å². The van der Waals surface area contributed by atoms with Gasteiger partial charge in [0.2, 0.25) is 0 Å². The summed E-state index contributed by atoms with van der Waals surface area (Å²) in [7, 11) is 2.18. The van der Waals surface area contributed by atoms with Crippen LogP contribution in [-0.2, 0) is 0 Å². The van der Waals surface area contributed by atoms with Crippen LogP contribution < -0.4 is 5.32 Å². The zero-order valence-electron chi connectivity index (χ0n) is 15.3. The van der Waals surface area contributed by atoms with E-state index < -0.39 is 0 Å². The van der Waals surface area contributed by atoms with Gasteiger partial charge in [-0.2, -0.15) is 0 Å². The Balaban J connectivity index is 2.05. The van der Waals surface area contributed by atoms with Gasteiger partial charge in [-0.3, -0.25) is 0 Å². The first-order valence-corrected chi connectivity index (χ1v) is 9.38. The summed E-state index contributed by atoms with van der Waals surface area (Å²) in [6.45, 7) is 13.8. The molecule has 1 nitrogen and oxygen atoms in total. The van der Waals surface area contributed by atoms with E-state index in [2.05, 4.69) is 58.8 Å². The highest BCUT2D eigenvalue weighted by Gasteiger charge is 2.62. The van der Waals surface area contributed by atoms with Gasteiger partial charge in [-0.15, -0.1) is 0 Å². The Hall–Kier alpha value is -0.560. The van der Waals surface area contributed by atoms with Crippen molar-refractivity contribution in [2.24, 2.45) is 35.0 Å². The summed E-state index contributed by atoms with van der Waals surface area (Å²) in [6, 6.07) is 0. The lowest BCUT2D eigenvalue weighted by atomic mass is 9.50. The van der Waals surface area contributed by atoms with Gasteiger partial charge in [0.1, 0.15) is 0 Å². The van der Waals surface area contributed by atoms with E-state index in [0.29, 0.717) is 11.0 Å². The zero-order valence-corrected chi connectivity index (χ0v) is 15.3. The van der Waals surface area contributed by atoms with Crippen LogP contribution in [0, 0.1) is 35.0 Å². The minimum Gasteiger partial charge on any atom is -0.314 e. The Bertz CT molecular complexity index is 478. The number of nitrogens with one attached hydrogen (secondary N) is 1. The number of hydrogen-bond acceptors (Lipinski definition) is 1. The van der Waals surface area contributed by atoms with E-state index in [-0.39, 0.29) is 0 Å². The first kappa shape index (κ1) is 16.3. The van der Waals surface area contributed by atoms with Gasteiger partial charge < -0.3 is 5.32 Å². The van der Waals surface area contributed by atoms with Crippen molar-refractivity contribution < 1.29 is 0 Å². The topological polar surface area (TPSA) is 12.0 Å². The average molecular weight is 302 g/mol. The Morgan fingerprint density at radius 1 is 1.23 bits per heavy atom. The second-order valence-corrected chi connectivity index (χ2v) is 8.95. The third kappa shape index (κ3) is 2.23. The van der Waals surface area contributed by atoms with Gasteiger partial charge in [-0.25, -0.2) is 0 Å². The lowest BCUT2D eigenvalue weighted by molar-refractivity contribution is -0.0418. The smallest absolute Gasteiger partial charge is 0.0181 e. The van der Waals surface area contributed by atoms with Gasteiger partial charge >= 0.3 is 0 Å². The van der Waals surface area contributed by atoms with Crippen molar-refractivity contribution in [1.29, 1.82) is 0 Å². The second kappa shape index (κ2) is 5.51. The van der Waals surface area contributed by atoms with Crippen LogP contribution in [0.25, 0.3) is 0 Å². The standard InChI is InChI=1S/C21H35N/c1-14(2)9-12-21-13-15(3)17-10-11-20(5,22-6)18(19(17)21)8-7-16(21)4/h9,12,15-19,22H,1,7-8,10-11,13H2,2-6H3. The molecule has 0 bridgehead atoms. The maximum atomic E-state index is 4.11. The molecule has 22 heavy (non-hydrogen) atoms. The fourth-order valence-electron chi connectivity index (χ4n) is 6.46. The molecule has 1 heteroatoms. The molecule has 0 aromatic carbocycles. The Labute approximate surface area is 137 Å². The highest BCUT2D eigenvalue weighted by molar-refractivity contribution is 5.23. The van der Waals surface area contributed by atoms with E-state index in [0.717, 1.165) is 29.6 Å². The van der Waals surface area contributed by atoms with Crippen LogP contribution in [-0.4, -0.2) is 12.6 Å². The lowest BCUT2D eigenvalue weighted by Gasteiger charge is -2.57. The van der Waals surface area contributed by atoms with E-state index in [9.17, 15) is 0 Å². The third-order valence-corrected chi connectivity index (χ3v) is 7.81. The average Bonchev–Trinajstić information content (AvgIpc) is 2.78. The number of rotatable bonds is 3. The summed E-state index contributed by atoms with van der Waals surface area (Å²) in [5, 5.41) is 3.72. The van der Waals surface area contributed by atoms with Crippen molar-refractivity contribution in [2.45, 2.75) is 65.3 Å². The summed E-state index contributed by atoms with van der Waals surface area (Å²) in [5.41, 5.74) is 1.96. The van der Waals surface area contributed by atoms with E-state index >= 15 is 0 Å². The molecule has 3 saturated carbocycles. The lowest BCUT2D eigenvalue weighted by Crippen LogP contribution is -2.58.